The van der Waals surface area contributed by atoms with Crippen molar-refractivity contribution < 1.29 is 14.3 Å². The van der Waals surface area contributed by atoms with Crippen LogP contribution in [0.15, 0.2) is 48.7 Å². The largest absolute Gasteiger partial charge is 0.368 e. The maximum Gasteiger partial charge on any atom is 0.253 e. The molecule has 0 aliphatic carbocycles. The third kappa shape index (κ3) is 4.01. The summed E-state index contributed by atoms with van der Waals surface area (Å²) in [6.45, 7) is 1.04. The number of hydrogen-bond acceptors (Lipinski definition) is 5. The second kappa shape index (κ2) is 8.18. The molecule has 1 unspecified atom stereocenters. The van der Waals surface area contributed by atoms with Gasteiger partial charge in [-0.1, -0.05) is 12.1 Å². The zero-order valence-electron chi connectivity index (χ0n) is 15.3. The quantitative estimate of drug-likeness (QED) is 0.681. The van der Waals surface area contributed by atoms with Gasteiger partial charge in [-0.2, -0.15) is 0 Å². The molecule has 0 bridgehead atoms. The molecule has 2 aromatic heterocycles. The first-order chi connectivity index (χ1) is 13.7. The Kier molecular flexibility index (Phi) is 5.29. The molecule has 1 aliphatic heterocycles. The molecular formula is C20H21N5O3. The normalized spacial score (nSPS) is 16.2. The Morgan fingerprint density at radius 3 is 2.96 bits per heavy atom. The van der Waals surface area contributed by atoms with E-state index in [1.807, 2.05) is 28.8 Å². The van der Waals surface area contributed by atoms with Crippen LogP contribution in [0.5, 0.6) is 0 Å². The average Bonchev–Trinajstić information content (AvgIpc) is 3.39. The van der Waals surface area contributed by atoms with Gasteiger partial charge in [0.1, 0.15) is 11.9 Å². The summed E-state index contributed by atoms with van der Waals surface area (Å²) in [5.74, 6) is 0.407. The molecule has 2 amide bonds. The Hall–Kier alpha value is -3.26. The summed E-state index contributed by atoms with van der Waals surface area (Å²) in [4.78, 5) is 24.6. The first-order valence-electron chi connectivity index (χ1n) is 9.30. The number of hydrogen-bond donors (Lipinski definition) is 2. The van der Waals surface area contributed by atoms with Crippen molar-refractivity contribution in [1.29, 1.82) is 0 Å². The summed E-state index contributed by atoms with van der Waals surface area (Å²) in [7, 11) is 0. The molecule has 0 saturated carbocycles. The lowest BCUT2D eigenvalue weighted by atomic mass is 10.1. The van der Waals surface area contributed by atoms with Gasteiger partial charge in [-0.05, 0) is 43.2 Å². The SMILES string of the molecule is O=C(NCCc1nnc2ccccn12)c1cccc(NC(=O)C2CCCO2)c1. The number of aromatic nitrogens is 3. The minimum atomic E-state index is -0.407. The second-order valence-electron chi connectivity index (χ2n) is 6.62. The number of fused-ring (bicyclic) bond motifs is 1. The van der Waals surface area contributed by atoms with Crippen molar-refractivity contribution in [2.75, 3.05) is 18.5 Å². The number of ether oxygens (including phenoxy) is 1. The Balaban J connectivity index is 1.33. The monoisotopic (exact) mass is 379 g/mol. The number of amides is 2. The molecule has 3 aromatic rings. The van der Waals surface area contributed by atoms with Crippen molar-refractivity contribution in [2.24, 2.45) is 0 Å². The van der Waals surface area contributed by atoms with Crippen molar-refractivity contribution in [3.63, 3.8) is 0 Å². The number of benzene rings is 1. The lowest BCUT2D eigenvalue weighted by molar-refractivity contribution is -0.124. The van der Waals surface area contributed by atoms with E-state index in [9.17, 15) is 9.59 Å². The highest BCUT2D eigenvalue weighted by Crippen LogP contribution is 2.16. The lowest BCUT2D eigenvalue weighted by Crippen LogP contribution is -2.28. The van der Waals surface area contributed by atoms with E-state index in [1.165, 1.54) is 0 Å². The molecule has 8 heteroatoms. The lowest BCUT2D eigenvalue weighted by Gasteiger charge is -2.11. The predicted molar refractivity (Wildman–Crippen MR) is 103 cm³/mol. The van der Waals surface area contributed by atoms with Gasteiger partial charge in [-0.3, -0.25) is 14.0 Å². The standard InChI is InChI=1S/C20H21N5O3/c26-19(21-10-9-18-24-23-17-8-1-2-11-25(17)18)14-5-3-6-15(13-14)22-20(27)16-7-4-12-28-16/h1-3,5-6,8,11,13,16H,4,7,9-10,12H2,(H,21,26)(H,22,27). The van der Waals surface area contributed by atoms with Crippen molar-refractivity contribution in [1.82, 2.24) is 19.9 Å². The zero-order chi connectivity index (χ0) is 19.3. The first-order valence-corrected chi connectivity index (χ1v) is 9.30. The van der Waals surface area contributed by atoms with Crippen molar-refractivity contribution in [2.45, 2.75) is 25.4 Å². The molecule has 1 fully saturated rings. The maximum absolute atomic E-state index is 12.4. The van der Waals surface area contributed by atoms with Gasteiger partial charge in [0.05, 0.1) is 0 Å². The highest BCUT2D eigenvalue weighted by molar-refractivity contribution is 5.98. The maximum atomic E-state index is 12.4. The molecule has 3 heterocycles. The summed E-state index contributed by atoms with van der Waals surface area (Å²) in [5, 5.41) is 13.9. The fourth-order valence-corrected chi connectivity index (χ4v) is 3.20. The van der Waals surface area contributed by atoms with E-state index in [0.29, 0.717) is 30.8 Å². The van der Waals surface area contributed by atoms with E-state index in [2.05, 4.69) is 20.8 Å². The Morgan fingerprint density at radius 1 is 1.18 bits per heavy atom. The van der Waals surface area contributed by atoms with Crippen LogP contribution in [0, 0.1) is 0 Å². The van der Waals surface area contributed by atoms with Crippen LogP contribution in [0.4, 0.5) is 5.69 Å². The molecule has 4 rings (SSSR count). The Labute approximate surface area is 161 Å². The van der Waals surface area contributed by atoms with Gasteiger partial charge in [0, 0.05) is 37.0 Å². The zero-order valence-corrected chi connectivity index (χ0v) is 15.3. The minimum Gasteiger partial charge on any atom is -0.368 e. The molecular weight excluding hydrogens is 358 g/mol. The number of nitrogens with zero attached hydrogens (tertiary/aromatic N) is 3. The molecule has 0 radical (unpaired) electrons. The number of pyridine rings is 1. The van der Waals surface area contributed by atoms with Crippen LogP contribution in [0.25, 0.3) is 5.65 Å². The summed E-state index contributed by atoms with van der Waals surface area (Å²) >= 11 is 0. The van der Waals surface area contributed by atoms with Crippen molar-refractivity contribution >= 4 is 23.1 Å². The third-order valence-electron chi connectivity index (χ3n) is 4.63. The van der Waals surface area contributed by atoms with Crippen LogP contribution >= 0.6 is 0 Å². The number of nitrogens with one attached hydrogen (secondary N) is 2. The van der Waals surface area contributed by atoms with Crippen LogP contribution in [-0.2, 0) is 16.0 Å². The second-order valence-corrected chi connectivity index (χ2v) is 6.62. The van der Waals surface area contributed by atoms with Gasteiger partial charge in [-0.25, -0.2) is 0 Å². The Bertz CT molecular complexity index is 994. The van der Waals surface area contributed by atoms with Gasteiger partial charge >= 0.3 is 0 Å². The van der Waals surface area contributed by atoms with E-state index in [1.54, 1.807) is 24.3 Å². The minimum absolute atomic E-state index is 0.172. The van der Waals surface area contributed by atoms with Crippen molar-refractivity contribution in [3.05, 3.63) is 60.0 Å². The van der Waals surface area contributed by atoms with Gasteiger partial charge in [0.2, 0.25) is 0 Å². The summed E-state index contributed by atoms with van der Waals surface area (Å²) in [5.41, 5.74) is 1.84. The van der Waals surface area contributed by atoms with Crippen molar-refractivity contribution in [3.8, 4) is 0 Å². The Morgan fingerprint density at radius 2 is 2.11 bits per heavy atom. The number of rotatable bonds is 6. The number of anilines is 1. The van der Waals surface area contributed by atoms with Crippen LogP contribution in [0.1, 0.15) is 29.0 Å². The summed E-state index contributed by atoms with van der Waals surface area (Å²) < 4.78 is 7.28. The van der Waals surface area contributed by atoms with Gasteiger partial charge in [0.15, 0.2) is 5.65 Å². The molecule has 1 aromatic carbocycles. The van der Waals surface area contributed by atoms with Crippen LogP contribution < -0.4 is 10.6 Å². The van der Waals surface area contributed by atoms with E-state index in [0.717, 1.165) is 24.3 Å². The smallest absolute Gasteiger partial charge is 0.253 e. The molecule has 144 valence electrons. The number of carbonyl (C=O) groups is 2. The van der Waals surface area contributed by atoms with Crippen LogP contribution in [-0.4, -0.2) is 45.7 Å². The fraction of sp³-hybridized carbons (Fsp3) is 0.300. The molecule has 1 saturated heterocycles. The van der Waals surface area contributed by atoms with E-state index >= 15 is 0 Å². The number of carbonyl (C=O) groups excluding carboxylic acids is 2. The molecule has 8 nitrogen and oxygen atoms in total. The third-order valence-corrected chi connectivity index (χ3v) is 4.63. The predicted octanol–water partition coefficient (Wildman–Crippen LogP) is 1.82. The molecule has 1 aliphatic rings. The average molecular weight is 379 g/mol. The highest BCUT2D eigenvalue weighted by atomic mass is 16.5. The van der Waals surface area contributed by atoms with E-state index < -0.39 is 6.10 Å². The highest BCUT2D eigenvalue weighted by Gasteiger charge is 2.23. The topological polar surface area (TPSA) is 97.6 Å². The molecule has 2 N–H and O–H groups in total. The molecule has 28 heavy (non-hydrogen) atoms. The van der Waals surface area contributed by atoms with Gasteiger partial charge in [-0.15, -0.1) is 10.2 Å². The molecule has 1 atom stereocenters. The summed E-state index contributed by atoms with van der Waals surface area (Å²) in [6, 6.07) is 12.6. The van der Waals surface area contributed by atoms with Crippen LogP contribution in [0.2, 0.25) is 0 Å². The van der Waals surface area contributed by atoms with Crippen LogP contribution in [0.3, 0.4) is 0 Å². The fourth-order valence-electron chi connectivity index (χ4n) is 3.20. The first kappa shape index (κ1) is 18.1. The molecule has 0 spiro atoms. The van der Waals surface area contributed by atoms with Gasteiger partial charge in [0.25, 0.3) is 11.8 Å². The van der Waals surface area contributed by atoms with E-state index in [-0.39, 0.29) is 11.8 Å². The van der Waals surface area contributed by atoms with E-state index in [4.69, 9.17) is 4.74 Å². The summed E-state index contributed by atoms with van der Waals surface area (Å²) in [6.07, 6.45) is 3.67. The van der Waals surface area contributed by atoms with Gasteiger partial charge < -0.3 is 15.4 Å².